The smallest absolute Gasteiger partial charge is 0.333 e. The van der Waals surface area contributed by atoms with Crippen LogP contribution in [0.1, 0.15) is 89.6 Å². The van der Waals surface area contributed by atoms with Crippen LogP contribution in [0.15, 0.2) is 18.2 Å². The number of amides is 4. The Kier molecular flexibility index (Phi) is 16.9. The Morgan fingerprint density at radius 3 is 2.31 bits per heavy atom. The molecule has 16 heteroatoms. The summed E-state index contributed by atoms with van der Waals surface area (Å²) < 4.78 is 21.7. The fourth-order valence-corrected chi connectivity index (χ4v) is 4.68. The number of aliphatic hydroxyl groups excluding tert-OH is 1. The van der Waals surface area contributed by atoms with Gasteiger partial charge in [-0.15, -0.1) is 0 Å². The third kappa shape index (κ3) is 15.2. The Bertz CT molecular complexity index is 1300. The first-order valence-corrected chi connectivity index (χ1v) is 16.3. The number of rotatable bonds is 19. The van der Waals surface area contributed by atoms with E-state index in [0.717, 1.165) is 0 Å². The maximum absolute atomic E-state index is 13.3. The van der Waals surface area contributed by atoms with E-state index in [2.05, 4.69) is 21.3 Å². The lowest BCUT2D eigenvalue weighted by Crippen LogP contribution is -2.53. The van der Waals surface area contributed by atoms with E-state index in [-0.39, 0.29) is 68.4 Å². The minimum atomic E-state index is -1.28. The number of carbonyl (C=O) groups excluding carboxylic acids is 5. The fourth-order valence-electron chi connectivity index (χ4n) is 4.68. The molecule has 1 aliphatic rings. The van der Waals surface area contributed by atoms with Gasteiger partial charge in [-0.3, -0.25) is 24.0 Å². The van der Waals surface area contributed by atoms with Crippen molar-refractivity contribution in [2.24, 2.45) is 0 Å². The number of ether oxygens (including phenoxy) is 4. The summed E-state index contributed by atoms with van der Waals surface area (Å²) in [6.45, 7) is 9.74. The zero-order valence-electron chi connectivity index (χ0n) is 28.9. The number of unbranched alkanes of at least 4 members (excludes halogenated alkanes) is 1. The number of aliphatic hydroxyl groups is 1. The molecular weight excluding hydrogens is 644 g/mol. The lowest BCUT2D eigenvalue weighted by molar-refractivity contribution is -0.195. The van der Waals surface area contributed by atoms with Crippen LogP contribution in [0, 0.1) is 0 Å². The van der Waals surface area contributed by atoms with Crippen LogP contribution >= 0.6 is 0 Å². The van der Waals surface area contributed by atoms with E-state index < -0.39 is 60.2 Å². The maximum Gasteiger partial charge on any atom is 0.333 e. The second-order valence-corrected chi connectivity index (χ2v) is 12.4. The van der Waals surface area contributed by atoms with Crippen molar-refractivity contribution in [3.8, 4) is 5.75 Å². The minimum Gasteiger partial charge on any atom is -0.479 e. The predicted molar refractivity (Wildman–Crippen MR) is 174 cm³/mol. The molecule has 0 bridgehead atoms. The van der Waals surface area contributed by atoms with E-state index in [4.69, 9.17) is 18.9 Å². The van der Waals surface area contributed by atoms with Crippen molar-refractivity contribution in [2.45, 2.75) is 123 Å². The van der Waals surface area contributed by atoms with Gasteiger partial charge < -0.3 is 50.4 Å². The summed E-state index contributed by atoms with van der Waals surface area (Å²) in [5.41, 5.74) is 0.548. The molecule has 1 aromatic carbocycles. The van der Waals surface area contributed by atoms with Crippen molar-refractivity contribution < 1.29 is 57.9 Å². The summed E-state index contributed by atoms with van der Waals surface area (Å²) in [6.07, 6.45) is -2.73. The summed E-state index contributed by atoms with van der Waals surface area (Å²) in [6, 6.07) is 2.57. The second kappa shape index (κ2) is 20.3. The van der Waals surface area contributed by atoms with Crippen LogP contribution in [0.25, 0.3) is 0 Å². The Morgan fingerprint density at radius 1 is 0.959 bits per heavy atom. The van der Waals surface area contributed by atoms with E-state index >= 15 is 0 Å². The third-order valence-electron chi connectivity index (χ3n) is 7.12. The highest BCUT2D eigenvalue weighted by Gasteiger charge is 2.34. The van der Waals surface area contributed by atoms with Gasteiger partial charge in [-0.05, 0) is 71.6 Å². The van der Waals surface area contributed by atoms with Crippen molar-refractivity contribution in [3.63, 3.8) is 0 Å². The zero-order chi connectivity index (χ0) is 36.7. The molecule has 0 radical (unpaired) electrons. The van der Waals surface area contributed by atoms with Gasteiger partial charge in [-0.25, -0.2) is 4.79 Å². The van der Waals surface area contributed by atoms with Crippen LogP contribution < -0.4 is 26.0 Å². The molecule has 2 rings (SSSR count). The molecule has 1 heterocycles. The molecule has 1 fully saturated rings. The highest BCUT2D eigenvalue weighted by Crippen LogP contribution is 2.27. The van der Waals surface area contributed by atoms with Crippen LogP contribution in [-0.4, -0.2) is 102 Å². The molecule has 274 valence electrons. The van der Waals surface area contributed by atoms with Crippen molar-refractivity contribution in [3.05, 3.63) is 29.3 Å². The highest BCUT2D eigenvalue weighted by atomic mass is 16.7. The fraction of sp³-hybridized carbons (Fsp3) is 0.636. The molecule has 0 aliphatic carbocycles. The molecule has 0 saturated carbocycles. The van der Waals surface area contributed by atoms with E-state index in [1.165, 1.54) is 26.0 Å². The summed E-state index contributed by atoms with van der Waals surface area (Å²) in [5, 5.41) is 30.3. The molecule has 49 heavy (non-hydrogen) atoms. The summed E-state index contributed by atoms with van der Waals surface area (Å²) in [7, 11) is 0. The molecule has 0 spiro atoms. The Hall–Kier alpha value is -4.28. The number of hydrogen-bond donors (Lipinski definition) is 6. The third-order valence-corrected chi connectivity index (χ3v) is 7.12. The molecule has 16 nitrogen and oxygen atoms in total. The van der Waals surface area contributed by atoms with Crippen LogP contribution in [-0.2, 0) is 44.8 Å². The average molecular weight is 695 g/mol. The van der Waals surface area contributed by atoms with Gasteiger partial charge in [0.2, 0.25) is 24.0 Å². The van der Waals surface area contributed by atoms with Crippen LogP contribution in [0.3, 0.4) is 0 Å². The first-order chi connectivity index (χ1) is 23.0. The van der Waals surface area contributed by atoms with E-state index in [0.29, 0.717) is 18.4 Å². The predicted octanol–water partition coefficient (Wildman–Crippen LogP) is 0.918. The lowest BCUT2D eigenvalue weighted by atomic mass is 10.0. The number of aliphatic carboxylic acids is 1. The van der Waals surface area contributed by atoms with Crippen molar-refractivity contribution >= 4 is 35.6 Å². The van der Waals surface area contributed by atoms with E-state index in [1.807, 2.05) is 0 Å². The van der Waals surface area contributed by atoms with Crippen LogP contribution in [0.5, 0.6) is 5.75 Å². The molecule has 0 unspecified atom stereocenters. The standard InChI is InChI=1S/C33H50N4O12/c1-18(2)35-30(41)20(5)36-32(43)25(37-28(40)17-46-19(3)4)9-7-8-12-34-31(42)24-13-22(16-47-21(6)38)10-11-26(24)48-29-15-23(39)14-27(49-29)33(44)45/h10-11,13,18-20,23,25,27,29,39H,7-9,12,14-17H2,1-6H3,(H,34,42)(H,35,41)(H,36,43)(H,37,40)(H,44,45)/t20-,23-,25-,27-,29+/m0/s1. The topological polar surface area (TPSA) is 228 Å². The number of esters is 1. The van der Waals surface area contributed by atoms with E-state index in [9.17, 15) is 39.0 Å². The van der Waals surface area contributed by atoms with Gasteiger partial charge in [0.1, 0.15) is 31.0 Å². The largest absolute Gasteiger partial charge is 0.479 e. The van der Waals surface area contributed by atoms with Gasteiger partial charge in [0.25, 0.3) is 5.91 Å². The number of hydrogen-bond acceptors (Lipinski definition) is 11. The first-order valence-electron chi connectivity index (χ1n) is 16.3. The monoisotopic (exact) mass is 694 g/mol. The zero-order valence-corrected chi connectivity index (χ0v) is 28.9. The Morgan fingerprint density at radius 2 is 1.67 bits per heavy atom. The highest BCUT2D eigenvalue weighted by molar-refractivity contribution is 5.97. The number of carboxylic acid groups (broad SMARTS) is 1. The quantitative estimate of drug-likeness (QED) is 0.0878. The molecule has 4 amide bonds. The lowest BCUT2D eigenvalue weighted by Gasteiger charge is -2.31. The number of benzene rings is 1. The Balaban J connectivity index is 2.07. The van der Waals surface area contributed by atoms with Crippen LogP contribution in [0.2, 0.25) is 0 Å². The first kappa shape index (κ1) is 40.9. The SMILES string of the molecule is CC(=O)OCc1ccc(O[C@H]2C[C@@H](O)C[C@@H](C(=O)O)O2)c(C(=O)NCCCC[C@H](NC(=O)COC(C)C)C(=O)N[C@@H](C)C(=O)NC(C)C)c1. The maximum atomic E-state index is 13.3. The average Bonchev–Trinajstić information content (AvgIpc) is 3.01. The molecule has 6 N–H and O–H groups in total. The van der Waals surface area contributed by atoms with Gasteiger partial charge >= 0.3 is 11.9 Å². The molecule has 0 aromatic heterocycles. The Labute approximate surface area is 285 Å². The summed E-state index contributed by atoms with van der Waals surface area (Å²) >= 11 is 0. The van der Waals surface area contributed by atoms with Gasteiger partial charge in [0.15, 0.2) is 6.10 Å². The van der Waals surface area contributed by atoms with Gasteiger partial charge in [0.05, 0.1) is 17.8 Å². The normalized spacial score (nSPS) is 18.6. The number of carboxylic acids is 1. The molecular formula is C33H50N4O12. The van der Waals surface area contributed by atoms with Gasteiger partial charge in [-0.2, -0.15) is 0 Å². The number of carbonyl (C=O) groups is 6. The van der Waals surface area contributed by atoms with Crippen molar-refractivity contribution in [1.82, 2.24) is 21.3 Å². The molecule has 1 saturated heterocycles. The van der Waals surface area contributed by atoms with Gasteiger partial charge in [-0.1, -0.05) is 6.07 Å². The summed E-state index contributed by atoms with van der Waals surface area (Å²) in [4.78, 5) is 74.0. The minimum absolute atomic E-state index is 0.0178. The molecule has 1 aliphatic heterocycles. The van der Waals surface area contributed by atoms with Crippen LogP contribution in [0.4, 0.5) is 0 Å². The van der Waals surface area contributed by atoms with E-state index in [1.54, 1.807) is 33.8 Å². The number of nitrogens with one attached hydrogen (secondary N) is 4. The molecule has 5 atom stereocenters. The molecule has 1 aromatic rings. The summed E-state index contributed by atoms with van der Waals surface area (Å²) in [5.74, 6) is -3.66. The van der Waals surface area contributed by atoms with Gasteiger partial charge in [0, 0.05) is 32.4 Å². The van der Waals surface area contributed by atoms with Crippen molar-refractivity contribution in [2.75, 3.05) is 13.2 Å². The second-order valence-electron chi connectivity index (χ2n) is 12.4. The van der Waals surface area contributed by atoms with Crippen molar-refractivity contribution in [1.29, 1.82) is 0 Å².